The number of aromatic nitrogens is 4. The van der Waals surface area contributed by atoms with Gasteiger partial charge in [0.05, 0.1) is 6.20 Å². The van der Waals surface area contributed by atoms with Gasteiger partial charge in [0, 0.05) is 17.8 Å². The van der Waals surface area contributed by atoms with Crippen LogP contribution in [-0.2, 0) is 7.05 Å². The molecule has 0 radical (unpaired) electrons. The quantitative estimate of drug-likeness (QED) is 0.536. The zero-order valence-corrected chi connectivity index (χ0v) is 13.2. The van der Waals surface area contributed by atoms with Crippen LogP contribution in [0.2, 0.25) is 0 Å². The van der Waals surface area contributed by atoms with Crippen LogP contribution in [0.1, 0.15) is 0 Å². The van der Waals surface area contributed by atoms with E-state index in [9.17, 15) is 4.79 Å². The standard InChI is InChI=1S/C18H12N4O3/c1-22-16-13(9-19-22)17(23)21-18(20-16)24-10-6-7-15-12(8-10)11-4-2-3-5-14(11)25-15/h2-9H,1H3,(H,20,21,23). The predicted octanol–water partition coefficient (Wildman–Crippen LogP) is 3.35. The van der Waals surface area contributed by atoms with Crippen molar-refractivity contribution in [1.29, 1.82) is 0 Å². The lowest BCUT2D eigenvalue weighted by atomic mass is 10.1. The number of para-hydroxylation sites is 1. The minimum Gasteiger partial charge on any atom is -0.456 e. The number of fused-ring (bicyclic) bond motifs is 4. The molecule has 25 heavy (non-hydrogen) atoms. The number of rotatable bonds is 2. The van der Waals surface area contributed by atoms with Gasteiger partial charge in [0.2, 0.25) is 0 Å². The van der Waals surface area contributed by atoms with Gasteiger partial charge in [-0.25, -0.2) is 0 Å². The highest BCUT2D eigenvalue weighted by Crippen LogP contribution is 2.32. The normalized spacial score (nSPS) is 11.6. The van der Waals surface area contributed by atoms with Gasteiger partial charge < -0.3 is 9.15 Å². The van der Waals surface area contributed by atoms with Gasteiger partial charge in [0.1, 0.15) is 22.3 Å². The van der Waals surface area contributed by atoms with Gasteiger partial charge in [-0.1, -0.05) is 18.2 Å². The fourth-order valence-electron chi connectivity index (χ4n) is 2.94. The number of nitrogens with one attached hydrogen (secondary N) is 1. The summed E-state index contributed by atoms with van der Waals surface area (Å²) in [5.74, 6) is 0.559. The lowest BCUT2D eigenvalue weighted by Gasteiger charge is -2.04. The van der Waals surface area contributed by atoms with Gasteiger partial charge in [-0.05, 0) is 24.3 Å². The van der Waals surface area contributed by atoms with Crippen molar-refractivity contribution >= 4 is 33.0 Å². The molecular weight excluding hydrogens is 320 g/mol. The Bertz CT molecular complexity index is 1310. The molecule has 5 rings (SSSR count). The molecule has 122 valence electrons. The molecule has 7 nitrogen and oxygen atoms in total. The molecular formula is C18H12N4O3. The Morgan fingerprint density at radius 2 is 1.92 bits per heavy atom. The van der Waals surface area contributed by atoms with Crippen LogP contribution >= 0.6 is 0 Å². The van der Waals surface area contributed by atoms with Crippen LogP contribution in [0, 0.1) is 0 Å². The molecule has 0 aliphatic heterocycles. The first-order chi connectivity index (χ1) is 12.2. The van der Waals surface area contributed by atoms with Crippen molar-refractivity contribution in [2.24, 2.45) is 7.05 Å². The molecule has 3 aromatic heterocycles. The monoisotopic (exact) mass is 332 g/mol. The number of H-pyrrole nitrogens is 1. The molecule has 0 aliphatic rings. The molecule has 0 unspecified atom stereocenters. The van der Waals surface area contributed by atoms with Crippen molar-refractivity contribution in [3.05, 3.63) is 59.0 Å². The maximum Gasteiger partial charge on any atom is 0.304 e. The smallest absolute Gasteiger partial charge is 0.304 e. The summed E-state index contributed by atoms with van der Waals surface area (Å²) in [4.78, 5) is 19.1. The Morgan fingerprint density at radius 3 is 2.84 bits per heavy atom. The van der Waals surface area contributed by atoms with Crippen LogP contribution < -0.4 is 10.3 Å². The second-order valence-corrected chi connectivity index (χ2v) is 5.73. The number of benzene rings is 2. The predicted molar refractivity (Wildman–Crippen MR) is 92.9 cm³/mol. The minimum absolute atomic E-state index is 0.119. The molecule has 2 aromatic carbocycles. The van der Waals surface area contributed by atoms with Crippen LogP contribution in [0.5, 0.6) is 11.8 Å². The Morgan fingerprint density at radius 1 is 1.08 bits per heavy atom. The van der Waals surface area contributed by atoms with E-state index in [-0.39, 0.29) is 11.6 Å². The fraction of sp³-hybridized carbons (Fsp3) is 0.0556. The highest BCUT2D eigenvalue weighted by atomic mass is 16.5. The van der Waals surface area contributed by atoms with E-state index in [2.05, 4.69) is 15.1 Å². The molecule has 0 atom stereocenters. The number of hydrogen-bond acceptors (Lipinski definition) is 5. The van der Waals surface area contributed by atoms with Gasteiger partial charge in [-0.3, -0.25) is 14.5 Å². The number of nitrogens with zero attached hydrogens (tertiary/aromatic N) is 3. The average Bonchev–Trinajstić information content (AvgIpc) is 3.16. The summed E-state index contributed by atoms with van der Waals surface area (Å²) in [6.07, 6.45) is 1.48. The Balaban J connectivity index is 1.63. The van der Waals surface area contributed by atoms with E-state index in [1.807, 2.05) is 36.4 Å². The fourth-order valence-corrected chi connectivity index (χ4v) is 2.94. The van der Waals surface area contributed by atoms with Crippen LogP contribution in [-0.4, -0.2) is 19.7 Å². The second-order valence-electron chi connectivity index (χ2n) is 5.73. The first kappa shape index (κ1) is 13.8. The Hall–Kier alpha value is -3.61. The lowest BCUT2D eigenvalue weighted by molar-refractivity contribution is 0.442. The molecule has 7 heteroatoms. The third kappa shape index (κ3) is 2.09. The van der Waals surface area contributed by atoms with Gasteiger partial charge in [-0.2, -0.15) is 10.1 Å². The Kier molecular flexibility index (Phi) is 2.73. The van der Waals surface area contributed by atoms with Crippen molar-refractivity contribution in [2.75, 3.05) is 0 Å². The average molecular weight is 332 g/mol. The highest BCUT2D eigenvalue weighted by Gasteiger charge is 2.11. The molecule has 1 N–H and O–H groups in total. The van der Waals surface area contributed by atoms with E-state index in [1.54, 1.807) is 13.1 Å². The van der Waals surface area contributed by atoms with E-state index in [4.69, 9.17) is 9.15 Å². The number of furan rings is 1. The van der Waals surface area contributed by atoms with Gasteiger partial charge in [0.25, 0.3) is 5.56 Å². The third-order valence-corrected chi connectivity index (χ3v) is 4.14. The molecule has 3 heterocycles. The molecule has 0 spiro atoms. The largest absolute Gasteiger partial charge is 0.456 e. The summed E-state index contributed by atoms with van der Waals surface area (Å²) >= 11 is 0. The topological polar surface area (TPSA) is 85.9 Å². The molecule has 5 aromatic rings. The summed E-state index contributed by atoms with van der Waals surface area (Å²) in [6.45, 7) is 0. The van der Waals surface area contributed by atoms with Gasteiger partial charge in [-0.15, -0.1) is 0 Å². The molecule has 0 amide bonds. The van der Waals surface area contributed by atoms with Crippen molar-refractivity contribution in [1.82, 2.24) is 19.7 Å². The molecule has 0 aliphatic carbocycles. The van der Waals surface area contributed by atoms with E-state index >= 15 is 0 Å². The molecule has 0 fully saturated rings. The summed E-state index contributed by atoms with van der Waals surface area (Å²) in [5, 5.41) is 6.41. The molecule has 0 saturated heterocycles. The van der Waals surface area contributed by atoms with Crippen LogP contribution in [0.4, 0.5) is 0 Å². The molecule has 0 bridgehead atoms. The van der Waals surface area contributed by atoms with E-state index in [0.29, 0.717) is 16.8 Å². The Labute approximate surface area is 140 Å². The zero-order chi connectivity index (χ0) is 17.0. The van der Waals surface area contributed by atoms with Crippen molar-refractivity contribution in [3.63, 3.8) is 0 Å². The van der Waals surface area contributed by atoms with Crippen molar-refractivity contribution in [3.8, 4) is 11.8 Å². The minimum atomic E-state index is -0.289. The van der Waals surface area contributed by atoms with Crippen LogP contribution in [0.3, 0.4) is 0 Å². The lowest BCUT2D eigenvalue weighted by Crippen LogP contribution is -2.09. The first-order valence-electron chi connectivity index (χ1n) is 7.70. The number of ether oxygens (including phenoxy) is 1. The summed E-state index contributed by atoms with van der Waals surface area (Å²) in [7, 11) is 1.72. The van der Waals surface area contributed by atoms with Crippen molar-refractivity contribution in [2.45, 2.75) is 0 Å². The number of hydrogen-bond donors (Lipinski definition) is 1. The zero-order valence-electron chi connectivity index (χ0n) is 13.2. The van der Waals surface area contributed by atoms with E-state index in [1.165, 1.54) is 10.9 Å². The summed E-state index contributed by atoms with van der Waals surface area (Å²) < 4.78 is 13.1. The van der Waals surface area contributed by atoms with Gasteiger partial charge >= 0.3 is 6.01 Å². The number of aryl methyl sites for hydroxylation is 1. The maximum absolute atomic E-state index is 12.1. The van der Waals surface area contributed by atoms with E-state index in [0.717, 1.165) is 21.9 Å². The first-order valence-corrected chi connectivity index (χ1v) is 7.70. The summed E-state index contributed by atoms with van der Waals surface area (Å²) in [5.41, 5.74) is 1.77. The third-order valence-electron chi connectivity index (χ3n) is 4.14. The van der Waals surface area contributed by atoms with Gasteiger partial charge in [0.15, 0.2) is 5.65 Å². The maximum atomic E-state index is 12.1. The summed E-state index contributed by atoms with van der Waals surface area (Å²) in [6, 6.07) is 13.4. The van der Waals surface area contributed by atoms with E-state index < -0.39 is 0 Å². The highest BCUT2D eigenvalue weighted by molar-refractivity contribution is 6.05. The van der Waals surface area contributed by atoms with Crippen LogP contribution in [0.15, 0.2) is 57.9 Å². The van der Waals surface area contributed by atoms with Crippen molar-refractivity contribution < 1.29 is 9.15 Å². The SMILES string of the molecule is Cn1ncc2c(=O)[nH]c(Oc3ccc4oc5ccccc5c4c3)nc21. The number of aromatic amines is 1. The second kappa shape index (κ2) is 4.94. The molecule has 0 saturated carbocycles. The van der Waals surface area contributed by atoms with Crippen LogP contribution in [0.25, 0.3) is 33.0 Å².